The third kappa shape index (κ3) is 3.47. The number of hydrogen-bond donors (Lipinski definition) is 1. The molecule has 1 aliphatic heterocycles. The minimum atomic E-state index is -3.93. The quantitative estimate of drug-likeness (QED) is 0.767. The molecule has 3 rings (SSSR count). The van der Waals surface area contributed by atoms with Gasteiger partial charge in [-0.15, -0.1) is 5.10 Å². The number of sulfonamides is 1. The Balaban J connectivity index is 1.91. The number of methoxy groups -OCH3 is 2. The second-order valence-electron chi connectivity index (χ2n) is 6.00. The van der Waals surface area contributed by atoms with E-state index in [1.54, 1.807) is 17.1 Å². The Morgan fingerprint density at radius 1 is 1.22 bits per heavy atom. The van der Waals surface area contributed by atoms with Gasteiger partial charge in [0.15, 0.2) is 5.75 Å². The highest BCUT2D eigenvalue weighted by Gasteiger charge is 2.34. The van der Waals surface area contributed by atoms with Gasteiger partial charge in [0.1, 0.15) is 16.2 Å². The highest BCUT2D eigenvalue weighted by atomic mass is 32.2. The fourth-order valence-electron chi connectivity index (χ4n) is 3.22. The summed E-state index contributed by atoms with van der Waals surface area (Å²) in [7, 11) is -1.39. The van der Waals surface area contributed by atoms with Crippen molar-refractivity contribution in [2.75, 3.05) is 27.3 Å². The maximum atomic E-state index is 13.1. The van der Waals surface area contributed by atoms with Gasteiger partial charge in [0.25, 0.3) is 0 Å². The molecule has 1 saturated heterocycles. The van der Waals surface area contributed by atoms with Crippen molar-refractivity contribution in [3.8, 4) is 11.5 Å². The maximum Gasteiger partial charge on any atom is 0.343 e. The monoisotopic (exact) mass is 396 g/mol. The highest BCUT2D eigenvalue weighted by Crippen LogP contribution is 2.37. The van der Waals surface area contributed by atoms with Gasteiger partial charge in [-0.2, -0.15) is 4.31 Å². The maximum absolute atomic E-state index is 13.1. The van der Waals surface area contributed by atoms with Crippen molar-refractivity contribution >= 4 is 16.0 Å². The van der Waals surface area contributed by atoms with Crippen molar-refractivity contribution in [1.29, 1.82) is 0 Å². The van der Waals surface area contributed by atoms with E-state index in [4.69, 9.17) is 9.47 Å². The summed E-state index contributed by atoms with van der Waals surface area (Å²) in [5, 5.41) is 17.2. The molecule has 1 aliphatic rings. The number of hydrogen-bond acceptors (Lipinski definition) is 7. The molecule has 1 aromatic carbocycles. The molecule has 2 heterocycles. The zero-order valence-electron chi connectivity index (χ0n) is 14.9. The molecule has 146 valence electrons. The Morgan fingerprint density at radius 2 is 1.93 bits per heavy atom. The summed E-state index contributed by atoms with van der Waals surface area (Å²) in [6, 6.07) is 2.70. The van der Waals surface area contributed by atoms with E-state index < -0.39 is 16.0 Å². The highest BCUT2D eigenvalue weighted by molar-refractivity contribution is 7.89. The van der Waals surface area contributed by atoms with Gasteiger partial charge in [-0.25, -0.2) is 17.9 Å². The third-order valence-corrected chi connectivity index (χ3v) is 6.50. The van der Waals surface area contributed by atoms with Crippen LogP contribution in [0, 0.1) is 0 Å². The number of carbonyl (C=O) groups is 1. The largest absolute Gasteiger partial charge is 0.496 e. The first-order valence-electron chi connectivity index (χ1n) is 8.24. The first kappa shape index (κ1) is 19.1. The number of ether oxygens (including phenoxy) is 2. The zero-order valence-corrected chi connectivity index (χ0v) is 15.7. The molecule has 0 amide bonds. The number of nitrogens with zero attached hydrogens (tertiary/aromatic N) is 4. The zero-order chi connectivity index (χ0) is 19.6. The number of aromatic nitrogens is 3. The smallest absolute Gasteiger partial charge is 0.343 e. The molecule has 0 saturated carbocycles. The van der Waals surface area contributed by atoms with E-state index in [9.17, 15) is 18.3 Å². The van der Waals surface area contributed by atoms with Crippen LogP contribution in [0.25, 0.3) is 0 Å². The molecule has 2 aromatic rings. The second-order valence-corrected chi connectivity index (χ2v) is 7.90. The minimum Gasteiger partial charge on any atom is -0.496 e. The lowest BCUT2D eigenvalue weighted by Gasteiger charge is -2.31. The van der Waals surface area contributed by atoms with Crippen molar-refractivity contribution in [2.24, 2.45) is 0 Å². The van der Waals surface area contributed by atoms with Crippen LogP contribution in [0.15, 0.2) is 29.4 Å². The van der Waals surface area contributed by atoms with Crippen molar-refractivity contribution in [3.63, 3.8) is 0 Å². The summed E-state index contributed by atoms with van der Waals surface area (Å²) in [6.45, 7) is 0.564. The Kier molecular flexibility index (Phi) is 5.33. The Bertz CT molecular complexity index is 921. The predicted octanol–water partition coefficient (Wildman–Crippen LogP) is 1.02. The number of rotatable bonds is 6. The van der Waals surface area contributed by atoms with E-state index in [0.717, 1.165) is 0 Å². The summed E-state index contributed by atoms with van der Waals surface area (Å²) >= 11 is 0. The summed E-state index contributed by atoms with van der Waals surface area (Å²) in [4.78, 5) is 11.4. The minimum absolute atomic E-state index is 0.0307. The molecule has 0 unspecified atom stereocenters. The van der Waals surface area contributed by atoms with Crippen LogP contribution in [0.4, 0.5) is 0 Å². The average molecular weight is 396 g/mol. The van der Waals surface area contributed by atoms with Crippen molar-refractivity contribution in [1.82, 2.24) is 19.3 Å². The van der Waals surface area contributed by atoms with E-state index >= 15 is 0 Å². The fourth-order valence-corrected chi connectivity index (χ4v) is 4.85. The molecule has 1 aromatic heterocycles. The predicted molar refractivity (Wildman–Crippen MR) is 93.6 cm³/mol. The standard InChI is InChI=1S/C16H20N4O6S/c1-25-12-3-4-13(15(26-2)14(12)16(21)22)27(23,24)19-8-5-11(6-9-19)20-10-7-17-18-20/h3-4,7,10-11H,5-6,8-9H2,1-2H3,(H,21,22). The van der Waals surface area contributed by atoms with Gasteiger partial charge in [0.05, 0.1) is 26.5 Å². The lowest BCUT2D eigenvalue weighted by molar-refractivity contribution is 0.0689. The molecule has 1 N–H and O–H groups in total. The summed E-state index contributed by atoms with van der Waals surface area (Å²) in [5.41, 5.74) is -0.321. The van der Waals surface area contributed by atoms with Gasteiger partial charge >= 0.3 is 5.97 Å². The lowest BCUT2D eigenvalue weighted by Crippen LogP contribution is -2.39. The van der Waals surface area contributed by atoms with Crippen LogP contribution in [0.2, 0.25) is 0 Å². The average Bonchev–Trinajstić information content (AvgIpc) is 3.21. The van der Waals surface area contributed by atoms with Crippen LogP contribution in [-0.2, 0) is 10.0 Å². The fraction of sp³-hybridized carbons (Fsp3) is 0.438. The van der Waals surface area contributed by atoms with Crippen LogP contribution in [0.3, 0.4) is 0 Å². The van der Waals surface area contributed by atoms with Gasteiger partial charge in [-0.3, -0.25) is 0 Å². The number of benzene rings is 1. The Hall–Kier alpha value is -2.66. The van der Waals surface area contributed by atoms with E-state index in [1.165, 1.54) is 30.7 Å². The number of piperidine rings is 1. The van der Waals surface area contributed by atoms with Gasteiger partial charge < -0.3 is 14.6 Å². The van der Waals surface area contributed by atoms with Gasteiger partial charge in [-0.05, 0) is 25.0 Å². The lowest BCUT2D eigenvalue weighted by atomic mass is 10.1. The van der Waals surface area contributed by atoms with Crippen molar-refractivity contribution in [2.45, 2.75) is 23.8 Å². The topological polar surface area (TPSA) is 124 Å². The summed E-state index contributed by atoms with van der Waals surface area (Å²) in [5.74, 6) is -1.53. The number of aromatic carboxylic acids is 1. The van der Waals surface area contributed by atoms with Gasteiger partial charge in [-0.1, -0.05) is 5.21 Å². The normalized spacial score (nSPS) is 16.2. The molecule has 0 aliphatic carbocycles. The summed E-state index contributed by atoms with van der Waals surface area (Å²) < 4.78 is 39.5. The van der Waals surface area contributed by atoms with Crippen molar-refractivity contribution < 1.29 is 27.8 Å². The molecule has 0 radical (unpaired) electrons. The molecule has 11 heteroatoms. The van der Waals surface area contributed by atoms with Crippen LogP contribution < -0.4 is 9.47 Å². The molecule has 0 atom stereocenters. The Labute approximate surface area is 156 Å². The van der Waals surface area contributed by atoms with Crippen LogP contribution in [-0.4, -0.2) is 66.1 Å². The first-order chi connectivity index (χ1) is 12.9. The molecule has 1 fully saturated rings. The van der Waals surface area contributed by atoms with E-state index in [2.05, 4.69) is 10.3 Å². The van der Waals surface area contributed by atoms with Crippen molar-refractivity contribution in [3.05, 3.63) is 30.1 Å². The molecular formula is C16H20N4O6S. The first-order valence-corrected chi connectivity index (χ1v) is 9.68. The summed E-state index contributed by atoms with van der Waals surface area (Å²) in [6.07, 6.45) is 4.49. The third-order valence-electron chi connectivity index (χ3n) is 4.58. The molecule has 0 bridgehead atoms. The van der Waals surface area contributed by atoms with E-state index in [-0.39, 0.29) is 41.1 Å². The van der Waals surface area contributed by atoms with Crippen LogP contribution in [0.5, 0.6) is 11.5 Å². The Morgan fingerprint density at radius 3 is 2.44 bits per heavy atom. The van der Waals surface area contributed by atoms with E-state index in [1.807, 2.05) is 0 Å². The molecule has 10 nitrogen and oxygen atoms in total. The van der Waals surface area contributed by atoms with Crippen LogP contribution >= 0.6 is 0 Å². The molecule has 0 spiro atoms. The number of carboxylic acids is 1. The molecule has 27 heavy (non-hydrogen) atoms. The van der Waals surface area contributed by atoms with Crippen LogP contribution in [0.1, 0.15) is 29.2 Å². The van der Waals surface area contributed by atoms with Gasteiger partial charge in [0, 0.05) is 19.3 Å². The van der Waals surface area contributed by atoms with Gasteiger partial charge in [0.2, 0.25) is 10.0 Å². The molecular weight excluding hydrogens is 376 g/mol. The second kappa shape index (κ2) is 7.53. The SMILES string of the molecule is COc1ccc(S(=O)(=O)N2CCC(n3ccnn3)CC2)c(OC)c1C(=O)O. The van der Waals surface area contributed by atoms with E-state index in [0.29, 0.717) is 12.8 Å². The number of carboxylic acid groups (broad SMARTS) is 1.